The highest BCUT2D eigenvalue weighted by molar-refractivity contribution is 6.33. The van der Waals surface area contributed by atoms with Crippen molar-refractivity contribution >= 4 is 45.8 Å². The van der Waals surface area contributed by atoms with E-state index in [4.69, 9.17) is 32.4 Å². The summed E-state index contributed by atoms with van der Waals surface area (Å²) >= 11 is 12.4. The van der Waals surface area contributed by atoms with E-state index in [1.165, 1.54) is 0 Å². The molecule has 1 aromatic heterocycles. The van der Waals surface area contributed by atoms with Crippen LogP contribution in [0.3, 0.4) is 0 Å². The molecule has 0 aliphatic rings. The normalized spacial score (nSPS) is 10.8. The summed E-state index contributed by atoms with van der Waals surface area (Å²) < 4.78 is 10.9. The number of aryl methyl sites for hydroxylation is 1. The molecule has 0 unspecified atom stereocenters. The molecule has 0 aliphatic carbocycles. The fraction of sp³-hybridized carbons (Fsp3) is 0.0833. The zero-order chi connectivity index (χ0) is 22.0. The average molecular weight is 454 g/mol. The summed E-state index contributed by atoms with van der Waals surface area (Å²) in [7, 11) is 0. The Labute approximate surface area is 188 Å². The van der Waals surface area contributed by atoms with Gasteiger partial charge in [-0.1, -0.05) is 47.5 Å². The lowest BCUT2D eigenvalue weighted by Crippen LogP contribution is -2.20. The van der Waals surface area contributed by atoms with Gasteiger partial charge in [0.05, 0.1) is 10.6 Å². The number of benzene rings is 3. The van der Waals surface area contributed by atoms with E-state index in [2.05, 4.69) is 5.32 Å². The van der Waals surface area contributed by atoms with Crippen LogP contribution in [0.2, 0.25) is 10.0 Å². The molecule has 0 bridgehead atoms. The highest BCUT2D eigenvalue weighted by atomic mass is 35.5. The fourth-order valence-corrected chi connectivity index (χ4v) is 3.51. The summed E-state index contributed by atoms with van der Waals surface area (Å²) in [5, 5.41) is 4.46. The number of nitrogens with one attached hydrogen (secondary N) is 1. The minimum atomic E-state index is -0.482. The maximum absolute atomic E-state index is 12.4. The van der Waals surface area contributed by atoms with Gasteiger partial charge < -0.3 is 14.5 Å². The third-order valence-electron chi connectivity index (χ3n) is 4.68. The first-order chi connectivity index (χ1) is 14.9. The molecule has 0 saturated carbocycles. The Bertz CT molecular complexity index is 1350. The van der Waals surface area contributed by atoms with Crippen LogP contribution in [0.5, 0.6) is 5.75 Å². The number of amides is 1. The molecule has 4 aromatic rings. The molecule has 1 heterocycles. The Balaban J connectivity index is 1.48. The number of hydrogen-bond donors (Lipinski definition) is 1. The van der Waals surface area contributed by atoms with Crippen molar-refractivity contribution in [1.82, 2.24) is 0 Å². The van der Waals surface area contributed by atoms with Crippen molar-refractivity contribution < 1.29 is 13.9 Å². The van der Waals surface area contributed by atoms with Crippen LogP contribution in [-0.2, 0) is 4.79 Å². The van der Waals surface area contributed by atoms with Gasteiger partial charge in [-0.2, -0.15) is 0 Å². The van der Waals surface area contributed by atoms with Gasteiger partial charge in [0.2, 0.25) is 0 Å². The van der Waals surface area contributed by atoms with Crippen LogP contribution in [0, 0.1) is 6.92 Å². The molecular formula is C24H17Cl2NO4. The lowest BCUT2D eigenvalue weighted by Gasteiger charge is -2.10. The van der Waals surface area contributed by atoms with Crippen LogP contribution in [0.4, 0.5) is 5.69 Å². The molecule has 156 valence electrons. The van der Waals surface area contributed by atoms with E-state index in [1.807, 2.05) is 19.1 Å². The smallest absolute Gasteiger partial charge is 0.344 e. The summed E-state index contributed by atoms with van der Waals surface area (Å²) in [4.78, 5) is 24.6. The summed E-state index contributed by atoms with van der Waals surface area (Å²) in [5.41, 5.74) is 2.24. The monoisotopic (exact) mass is 453 g/mol. The number of carbonyl (C=O) groups is 1. The molecule has 5 nitrogen and oxygen atoms in total. The molecule has 0 radical (unpaired) electrons. The molecule has 1 N–H and O–H groups in total. The van der Waals surface area contributed by atoms with E-state index < -0.39 is 5.63 Å². The number of anilines is 1. The van der Waals surface area contributed by atoms with Gasteiger partial charge in [0.25, 0.3) is 5.91 Å². The van der Waals surface area contributed by atoms with Crippen molar-refractivity contribution in [2.45, 2.75) is 6.92 Å². The number of ether oxygens (including phenoxy) is 1. The lowest BCUT2D eigenvalue weighted by atomic mass is 10.1. The molecule has 4 rings (SSSR count). The van der Waals surface area contributed by atoms with E-state index in [0.717, 1.165) is 10.9 Å². The van der Waals surface area contributed by atoms with Gasteiger partial charge in [0.1, 0.15) is 11.3 Å². The number of fused-ring (bicyclic) bond motifs is 1. The highest BCUT2D eigenvalue weighted by Crippen LogP contribution is 2.30. The summed E-state index contributed by atoms with van der Waals surface area (Å²) in [6, 6.07) is 19.1. The highest BCUT2D eigenvalue weighted by Gasteiger charge is 2.13. The molecule has 0 fully saturated rings. The van der Waals surface area contributed by atoms with Gasteiger partial charge in [0.15, 0.2) is 6.61 Å². The van der Waals surface area contributed by atoms with Gasteiger partial charge in [-0.15, -0.1) is 0 Å². The minimum absolute atomic E-state index is 0.172. The third-order valence-corrected chi connectivity index (χ3v) is 5.42. The van der Waals surface area contributed by atoms with Gasteiger partial charge in [0, 0.05) is 21.7 Å². The summed E-state index contributed by atoms with van der Waals surface area (Å²) in [6.07, 6.45) is 0. The van der Waals surface area contributed by atoms with Crippen molar-refractivity contribution in [1.29, 1.82) is 0 Å². The SMILES string of the molecule is Cc1cc(OCC(=O)Nc2ccc(-c3cc4ccccc4oc3=O)c(Cl)c2)ccc1Cl. The first-order valence-corrected chi connectivity index (χ1v) is 10.2. The van der Waals surface area contributed by atoms with Crippen LogP contribution in [0.15, 0.2) is 75.9 Å². The average Bonchev–Trinajstić information content (AvgIpc) is 2.74. The Kier molecular flexibility index (Phi) is 5.98. The Morgan fingerprint density at radius 2 is 1.77 bits per heavy atom. The van der Waals surface area contributed by atoms with Gasteiger partial charge in [-0.3, -0.25) is 4.79 Å². The largest absolute Gasteiger partial charge is 0.484 e. The first-order valence-electron chi connectivity index (χ1n) is 9.42. The van der Waals surface area contributed by atoms with Crippen LogP contribution in [0.25, 0.3) is 22.1 Å². The Morgan fingerprint density at radius 3 is 2.55 bits per heavy atom. The zero-order valence-corrected chi connectivity index (χ0v) is 18.0. The Morgan fingerprint density at radius 1 is 0.968 bits per heavy atom. The molecule has 7 heteroatoms. The van der Waals surface area contributed by atoms with Crippen LogP contribution >= 0.6 is 23.2 Å². The van der Waals surface area contributed by atoms with E-state index in [-0.39, 0.29) is 12.5 Å². The van der Waals surface area contributed by atoms with Crippen molar-refractivity contribution in [3.63, 3.8) is 0 Å². The molecule has 31 heavy (non-hydrogen) atoms. The van der Waals surface area contributed by atoms with Crippen LogP contribution in [-0.4, -0.2) is 12.5 Å². The van der Waals surface area contributed by atoms with Crippen molar-refractivity contribution in [2.24, 2.45) is 0 Å². The predicted octanol–water partition coefficient (Wildman–Crippen LogP) is 6.09. The van der Waals surface area contributed by atoms with Gasteiger partial charge in [-0.25, -0.2) is 4.79 Å². The summed E-state index contributed by atoms with van der Waals surface area (Å²) in [5.74, 6) is 0.204. The molecular weight excluding hydrogens is 437 g/mol. The van der Waals surface area contributed by atoms with E-state index in [1.54, 1.807) is 54.6 Å². The van der Waals surface area contributed by atoms with Crippen molar-refractivity contribution in [3.8, 4) is 16.9 Å². The molecule has 0 aliphatic heterocycles. The van der Waals surface area contributed by atoms with Crippen molar-refractivity contribution in [2.75, 3.05) is 11.9 Å². The standard InChI is InChI=1S/C24H17Cl2NO4/c1-14-10-17(7-9-20(14)25)30-13-23(28)27-16-6-8-18(21(26)12-16)19-11-15-4-2-3-5-22(15)31-24(19)29/h2-12H,13H2,1H3,(H,27,28). The number of rotatable bonds is 5. The quantitative estimate of drug-likeness (QED) is 0.371. The van der Waals surface area contributed by atoms with Crippen LogP contribution in [0.1, 0.15) is 5.56 Å². The number of para-hydroxylation sites is 1. The number of hydrogen-bond acceptors (Lipinski definition) is 4. The zero-order valence-electron chi connectivity index (χ0n) is 16.4. The lowest BCUT2D eigenvalue weighted by molar-refractivity contribution is -0.118. The molecule has 0 spiro atoms. The predicted molar refractivity (Wildman–Crippen MR) is 123 cm³/mol. The van der Waals surface area contributed by atoms with Gasteiger partial charge >= 0.3 is 5.63 Å². The maximum atomic E-state index is 12.4. The molecule has 0 saturated heterocycles. The van der Waals surface area contributed by atoms with Gasteiger partial charge in [-0.05, 0) is 55.0 Å². The summed E-state index contributed by atoms with van der Waals surface area (Å²) in [6.45, 7) is 1.68. The molecule has 0 atom stereocenters. The van der Waals surface area contributed by atoms with E-state index in [9.17, 15) is 9.59 Å². The second-order valence-electron chi connectivity index (χ2n) is 6.93. The third kappa shape index (κ3) is 4.74. The second-order valence-corrected chi connectivity index (χ2v) is 7.74. The number of carbonyl (C=O) groups excluding carboxylic acids is 1. The fourth-order valence-electron chi connectivity index (χ4n) is 3.11. The molecule has 3 aromatic carbocycles. The maximum Gasteiger partial charge on any atom is 0.344 e. The van der Waals surface area contributed by atoms with E-state index >= 15 is 0 Å². The first kappa shape index (κ1) is 21.0. The Hall–Kier alpha value is -3.28. The number of halogens is 2. The van der Waals surface area contributed by atoms with E-state index in [0.29, 0.717) is 38.2 Å². The minimum Gasteiger partial charge on any atom is -0.484 e. The van der Waals surface area contributed by atoms with Crippen LogP contribution < -0.4 is 15.7 Å². The topological polar surface area (TPSA) is 68.5 Å². The second kappa shape index (κ2) is 8.84. The molecule has 1 amide bonds. The van der Waals surface area contributed by atoms with Crippen molar-refractivity contribution in [3.05, 3.63) is 92.8 Å².